The van der Waals surface area contributed by atoms with Crippen LogP contribution in [0.3, 0.4) is 0 Å². The number of aliphatic hydroxyl groups excluding tert-OH is 1. The number of hydrogen-bond donors (Lipinski definition) is 1. The summed E-state index contributed by atoms with van der Waals surface area (Å²) in [5.41, 5.74) is 0.787. The van der Waals surface area contributed by atoms with Gasteiger partial charge in [0.1, 0.15) is 6.10 Å². The maximum Gasteiger partial charge on any atom is 0.113 e. The first-order valence-corrected chi connectivity index (χ1v) is 6.82. The molecular weight excluding hydrogens is 331 g/mol. The van der Waals surface area contributed by atoms with Crippen LogP contribution in [0.25, 0.3) is 0 Å². The molecule has 2 aromatic rings. The molecule has 0 bridgehead atoms. The van der Waals surface area contributed by atoms with E-state index in [1.807, 2.05) is 6.07 Å². The highest BCUT2D eigenvalue weighted by Crippen LogP contribution is 2.33. The van der Waals surface area contributed by atoms with E-state index in [-0.39, 0.29) is 0 Å². The molecule has 1 nitrogen and oxygen atoms in total. The standard InChI is InChI=1S/C11H7BrCl2OS/c12-7-5-6(1-2-8(7)13)11(15)9-3-4-10(14)16-9/h1-5,11,15H. The Balaban J connectivity index is 2.33. The van der Waals surface area contributed by atoms with Gasteiger partial charge in [0.05, 0.1) is 9.36 Å². The third kappa shape index (κ3) is 2.60. The lowest BCUT2D eigenvalue weighted by Crippen LogP contribution is -1.96. The topological polar surface area (TPSA) is 20.2 Å². The average molecular weight is 338 g/mol. The fraction of sp³-hybridized carbons (Fsp3) is 0.0909. The van der Waals surface area contributed by atoms with Crippen LogP contribution in [0.15, 0.2) is 34.8 Å². The molecule has 0 fully saturated rings. The predicted octanol–water partition coefficient (Wildman–Crippen LogP) is 4.90. The largest absolute Gasteiger partial charge is 0.383 e. The highest BCUT2D eigenvalue weighted by molar-refractivity contribution is 9.10. The number of halogens is 3. The van der Waals surface area contributed by atoms with Crippen LogP contribution in [0.2, 0.25) is 9.36 Å². The number of rotatable bonds is 2. The number of benzene rings is 1. The van der Waals surface area contributed by atoms with E-state index < -0.39 is 6.10 Å². The molecule has 0 spiro atoms. The number of aliphatic hydroxyl groups is 1. The number of hydrogen-bond acceptors (Lipinski definition) is 2. The fourth-order valence-electron chi connectivity index (χ4n) is 1.32. The molecule has 1 atom stereocenters. The van der Waals surface area contributed by atoms with Crippen molar-refractivity contribution in [3.8, 4) is 0 Å². The van der Waals surface area contributed by atoms with Crippen molar-refractivity contribution >= 4 is 50.5 Å². The van der Waals surface area contributed by atoms with Crippen LogP contribution < -0.4 is 0 Å². The Kier molecular flexibility index (Phi) is 3.93. The monoisotopic (exact) mass is 336 g/mol. The summed E-state index contributed by atoms with van der Waals surface area (Å²) in [4.78, 5) is 0.819. The molecule has 0 saturated heterocycles. The van der Waals surface area contributed by atoms with Crippen LogP contribution >= 0.6 is 50.5 Å². The van der Waals surface area contributed by atoms with Crippen LogP contribution in [0.1, 0.15) is 16.5 Å². The van der Waals surface area contributed by atoms with Crippen molar-refractivity contribution in [2.75, 3.05) is 0 Å². The van der Waals surface area contributed by atoms with Gasteiger partial charge in [-0.15, -0.1) is 11.3 Å². The van der Waals surface area contributed by atoms with Gasteiger partial charge in [-0.1, -0.05) is 29.3 Å². The van der Waals surface area contributed by atoms with E-state index in [4.69, 9.17) is 23.2 Å². The highest BCUT2D eigenvalue weighted by atomic mass is 79.9. The fourth-order valence-corrected chi connectivity index (χ4v) is 2.91. The van der Waals surface area contributed by atoms with E-state index >= 15 is 0 Å². The molecular formula is C11H7BrCl2OS. The normalized spacial score (nSPS) is 12.8. The predicted molar refractivity (Wildman–Crippen MR) is 72.5 cm³/mol. The molecule has 84 valence electrons. The van der Waals surface area contributed by atoms with Crippen molar-refractivity contribution in [2.45, 2.75) is 6.10 Å². The molecule has 1 heterocycles. The van der Waals surface area contributed by atoms with Gasteiger partial charge in [0, 0.05) is 9.35 Å². The molecule has 0 radical (unpaired) electrons. The maximum atomic E-state index is 10.1. The van der Waals surface area contributed by atoms with Gasteiger partial charge >= 0.3 is 0 Å². The lowest BCUT2D eigenvalue weighted by Gasteiger charge is -2.09. The zero-order valence-electron chi connectivity index (χ0n) is 7.95. The Labute approximate surface area is 116 Å². The van der Waals surface area contributed by atoms with Gasteiger partial charge in [-0.05, 0) is 45.8 Å². The molecule has 0 amide bonds. The van der Waals surface area contributed by atoms with Gasteiger partial charge in [-0.3, -0.25) is 0 Å². The van der Waals surface area contributed by atoms with E-state index in [0.29, 0.717) is 9.36 Å². The molecule has 1 unspecified atom stereocenters. The van der Waals surface area contributed by atoms with Crippen molar-refractivity contribution in [2.24, 2.45) is 0 Å². The summed E-state index contributed by atoms with van der Waals surface area (Å²) >= 11 is 16.4. The minimum atomic E-state index is -0.661. The van der Waals surface area contributed by atoms with E-state index in [2.05, 4.69) is 15.9 Å². The highest BCUT2D eigenvalue weighted by Gasteiger charge is 2.13. The molecule has 2 rings (SSSR count). The third-order valence-corrected chi connectivity index (χ3v) is 4.62. The van der Waals surface area contributed by atoms with Crippen LogP contribution in [-0.4, -0.2) is 5.11 Å². The Morgan fingerprint density at radius 3 is 2.50 bits per heavy atom. The third-order valence-electron chi connectivity index (χ3n) is 2.12. The Morgan fingerprint density at radius 1 is 1.19 bits per heavy atom. The molecule has 0 aliphatic carbocycles. The van der Waals surface area contributed by atoms with Crippen molar-refractivity contribution in [3.63, 3.8) is 0 Å². The minimum absolute atomic E-state index is 0.625. The van der Waals surface area contributed by atoms with E-state index in [1.165, 1.54) is 11.3 Å². The van der Waals surface area contributed by atoms with Crippen molar-refractivity contribution in [3.05, 3.63) is 54.6 Å². The first kappa shape index (κ1) is 12.4. The smallest absolute Gasteiger partial charge is 0.113 e. The minimum Gasteiger partial charge on any atom is -0.383 e. The van der Waals surface area contributed by atoms with Crippen LogP contribution in [0, 0.1) is 0 Å². The molecule has 1 aromatic heterocycles. The van der Waals surface area contributed by atoms with Gasteiger partial charge in [-0.25, -0.2) is 0 Å². The SMILES string of the molecule is OC(c1ccc(Cl)c(Br)c1)c1ccc(Cl)s1. The first-order valence-electron chi connectivity index (χ1n) is 4.46. The maximum absolute atomic E-state index is 10.1. The summed E-state index contributed by atoms with van der Waals surface area (Å²) in [6, 6.07) is 8.95. The van der Waals surface area contributed by atoms with E-state index in [9.17, 15) is 5.11 Å². The van der Waals surface area contributed by atoms with Gasteiger partial charge in [-0.2, -0.15) is 0 Å². The summed E-state index contributed by atoms with van der Waals surface area (Å²) in [5, 5.41) is 10.7. The summed E-state index contributed by atoms with van der Waals surface area (Å²) in [7, 11) is 0. The number of thiophene rings is 1. The molecule has 0 saturated carbocycles. The van der Waals surface area contributed by atoms with Gasteiger partial charge < -0.3 is 5.11 Å². The summed E-state index contributed by atoms with van der Waals surface area (Å²) in [5.74, 6) is 0. The second kappa shape index (κ2) is 5.07. The second-order valence-electron chi connectivity index (χ2n) is 3.22. The van der Waals surface area contributed by atoms with Gasteiger partial charge in [0.25, 0.3) is 0 Å². The van der Waals surface area contributed by atoms with Crippen molar-refractivity contribution in [1.82, 2.24) is 0 Å². The molecule has 5 heteroatoms. The summed E-state index contributed by atoms with van der Waals surface area (Å²) < 4.78 is 1.44. The van der Waals surface area contributed by atoms with Crippen molar-refractivity contribution < 1.29 is 5.11 Å². The summed E-state index contributed by atoms with van der Waals surface area (Å²) in [6.07, 6.45) is -0.661. The van der Waals surface area contributed by atoms with Gasteiger partial charge in [0.2, 0.25) is 0 Å². The van der Waals surface area contributed by atoms with Crippen molar-refractivity contribution in [1.29, 1.82) is 0 Å². The zero-order valence-corrected chi connectivity index (χ0v) is 11.9. The second-order valence-corrected chi connectivity index (χ2v) is 6.23. The molecule has 0 aliphatic rings. The lowest BCUT2D eigenvalue weighted by atomic mass is 10.1. The van der Waals surface area contributed by atoms with Crippen LogP contribution in [0.5, 0.6) is 0 Å². The van der Waals surface area contributed by atoms with E-state index in [1.54, 1.807) is 24.3 Å². The van der Waals surface area contributed by atoms with Gasteiger partial charge in [0.15, 0.2) is 0 Å². The zero-order chi connectivity index (χ0) is 11.7. The summed E-state index contributed by atoms with van der Waals surface area (Å²) in [6.45, 7) is 0. The molecule has 1 N–H and O–H groups in total. The molecule has 0 aliphatic heterocycles. The Bertz CT molecular complexity index is 512. The lowest BCUT2D eigenvalue weighted by molar-refractivity contribution is 0.224. The molecule has 16 heavy (non-hydrogen) atoms. The van der Waals surface area contributed by atoms with Crippen LogP contribution in [-0.2, 0) is 0 Å². The average Bonchev–Trinajstić information content (AvgIpc) is 2.68. The molecule has 1 aromatic carbocycles. The quantitative estimate of drug-likeness (QED) is 0.826. The Hall–Kier alpha value is -0.0600. The Morgan fingerprint density at radius 2 is 1.94 bits per heavy atom. The first-order chi connectivity index (χ1) is 7.58. The van der Waals surface area contributed by atoms with Crippen LogP contribution in [0.4, 0.5) is 0 Å². The van der Waals surface area contributed by atoms with E-state index in [0.717, 1.165) is 14.9 Å².